The average Bonchev–Trinajstić information content (AvgIpc) is 3.20. The third kappa shape index (κ3) is 7.49. The van der Waals surface area contributed by atoms with Gasteiger partial charge in [-0.05, 0) is 80.2 Å². The molecule has 0 radical (unpaired) electrons. The predicted octanol–water partition coefficient (Wildman–Crippen LogP) is 5.08. The summed E-state index contributed by atoms with van der Waals surface area (Å²) in [5.74, 6) is -0.608. The van der Waals surface area contributed by atoms with E-state index in [-0.39, 0.29) is 17.5 Å². The normalized spacial score (nSPS) is 16.1. The molecule has 1 amide bonds. The molecule has 1 N–H and O–H groups in total. The molecule has 1 atom stereocenters. The van der Waals surface area contributed by atoms with E-state index in [1.807, 2.05) is 50.2 Å². The summed E-state index contributed by atoms with van der Waals surface area (Å²) in [6.45, 7) is 2.97. The largest absolute Gasteiger partial charge is 0.492 e. The number of rotatable bonds is 11. The van der Waals surface area contributed by atoms with Crippen molar-refractivity contribution in [1.29, 1.82) is 0 Å². The van der Waals surface area contributed by atoms with E-state index < -0.39 is 23.9 Å². The number of carboxylic acid groups (broad SMARTS) is 1. The quantitative estimate of drug-likeness (QED) is 0.356. The summed E-state index contributed by atoms with van der Waals surface area (Å²) in [6, 6.07) is 17.1. The minimum absolute atomic E-state index is 0.0675. The Hall–Kier alpha value is -3.62. The van der Waals surface area contributed by atoms with Crippen molar-refractivity contribution >= 4 is 23.5 Å². The molecule has 4 rings (SSSR count). The van der Waals surface area contributed by atoms with Crippen LogP contribution in [0.4, 0.5) is 4.39 Å². The van der Waals surface area contributed by atoms with Crippen LogP contribution in [-0.4, -0.2) is 66.2 Å². The molecule has 3 aromatic rings. The fraction of sp³-hybridized carbons (Fsp3) is 0.333. The SMILES string of the molecule is CN(C)CCOc1ccc(CN(CC(=O)O)C(=O)c2ccc3c(c2)CC(C)(Cc2ccc(Cl)c(F)c2)O3)cc1. The van der Waals surface area contributed by atoms with Crippen LogP contribution in [0.1, 0.15) is 34.0 Å². The Labute approximate surface area is 232 Å². The summed E-state index contributed by atoms with van der Waals surface area (Å²) in [7, 11) is 3.94. The molecule has 1 unspecified atom stereocenters. The number of benzene rings is 3. The van der Waals surface area contributed by atoms with Gasteiger partial charge in [-0.25, -0.2) is 4.39 Å². The topological polar surface area (TPSA) is 79.3 Å². The Morgan fingerprint density at radius 1 is 1.08 bits per heavy atom. The van der Waals surface area contributed by atoms with Crippen LogP contribution < -0.4 is 9.47 Å². The zero-order chi connectivity index (χ0) is 28.2. The highest BCUT2D eigenvalue weighted by atomic mass is 35.5. The smallest absolute Gasteiger partial charge is 0.323 e. The second-order valence-corrected chi connectivity index (χ2v) is 10.7. The lowest BCUT2D eigenvalue weighted by molar-refractivity contribution is -0.137. The van der Waals surface area contributed by atoms with Crippen LogP contribution in [0.5, 0.6) is 11.5 Å². The van der Waals surface area contributed by atoms with Crippen LogP contribution in [0.25, 0.3) is 0 Å². The molecule has 206 valence electrons. The highest BCUT2D eigenvalue weighted by molar-refractivity contribution is 6.30. The monoisotopic (exact) mass is 554 g/mol. The number of aliphatic carboxylic acids is 1. The Morgan fingerprint density at radius 2 is 1.79 bits per heavy atom. The van der Waals surface area contributed by atoms with Gasteiger partial charge in [-0.3, -0.25) is 9.59 Å². The number of hydrogen-bond acceptors (Lipinski definition) is 5. The van der Waals surface area contributed by atoms with E-state index in [4.69, 9.17) is 21.1 Å². The predicted molar refractivity (Wildman–Crippen MR) is 147 cm³/mol. The molecule has 0 saturated carbocycles. The summed E-state index contributed by atoms with van der Waals surface area (Å²) < 4.78 is 25.8. The van der Waals surface area contributed by atoms with E-state index in [1.54, 1.807) is 24.3 Å². The van der Waals surface area contributed by atoms with Gasteiger partial charge in [0.15, 0.2) is 0 Å². The number of nitrogens with zero attached hydrogens (tertiary/aromatic N) is 2. The third-order valence-electron chi connectivity index (χ3n) is 6.51. The van der Waals surface area contributed by atoms with Crippen LogP contribution in [0, 0.1) is 5.82 Å². The Morgan fingerprint density at radius 3 is 2.46 bits per heavy atom. The summed E-state index contributed by atoms with van der Waals surface area (Å²) in [6.07, 6.45) is 0.973. The number of carbonyl (C=O) groups excluding carboxylic acids is 1. The summed E-state index contributed by atoms with van der Waals surface area (Å²) in [5.41, 5.74) is 2.14. The van der Waals surface area contributed by atoms with Crippen molar-refractivity contribution in [3.63, 3.8) is 0 Å². The van der Waals surface area contributed by atoms with E-state index >= 15 is 0 Å². The molecule has 0 aromatic heterocycles. The van der Waals surface area contributed by atoms with Crippen molar-refractivity contribution in [1.82, 2.24) is 9.80 Å². The maximum atomic E-state index is 13.9. The maximum Gasteiger partial charge on any atom is 0.323 e. The van der Waals surface area contributed by atoms with Gasteiger partial charge >= 0.3 is 5.97 Å². The first-order valence-electron chi connectivity index (χ1n) is 12.6. The van der Waals surface area contributed by atoms with Crippen molar-refractivity contribution in [2.75, 3.05) is 33.8 Å². The second-order valence-electron chi connectivity index (χ2n) is 10.3. The first kappa shape index (κ1) is 28.4. The molecule has 7 nitrogen and oxygen atoms in total. The summed E-state index contributed by atoms with van der Waals surface area (Å²) in [4.78, 5) is 28.3. The van der Waals surface area contributed by atoms with Gasteiger partial charge in [-0.15, -0.1) is 0 Å². The minimum Gasteiger partial charge on any atom is -0.492 e. The van der Waals surface area contributed by atoms with E-state index in [1.165, 1.54) is 17.0 Å². The number of carbonyl (C=O) groups is 2. The van der Waals surface area contributed by atoms with Crippen molar-refractivity contribution < 1.29 is 28.6 Å². The number of ether oxygens (including phenoxy) is 2. The lowest BCUT2D eigenvalue weighted by Gasteiger charge is -2.24. The van der Waals surface area contributed by atoms with E-state index in [9.17, 15) is 19.1 Å². The number of hydrogen-bond donors (Lipinski definition) is 1. The van der Waals surface area contributed by atoms with Crippen molar-refractivity contribution in [2.45, 2.75) is 31.9 Å². The molecule has 0 fully saturated rings. The van der Waals surface area contributed by atoms with Crippen molar-refractivity contribution in [3.05, 3.63) is 93.8 Å². The number of amides is 1. The molecule has 0 bridgehead atoms. The lowest BCUT2D eigenvalue weighted by atomic mass is 9.91. The van der Waals surface area contributed by atoms with Crippen LogP contribution in [-0.2, 0) is 24.2 Å². The second kappa shape index (κ2) is 12.1. The highest BCUT2D eigenvalue weighted by Gasteiger charge is 2.36. The molecule has 1 aliphatic rings. The number of carboxylic acids is 1. The van der Waals surface area contributed by atoms with Crippen LogP contribution >= 0.6 is 11.6 Å². The molecule has 3 aromatic carbocycles. The highest BCUT2D eigenvalue weighted by Crippen LogP contribution is 2.38. The number of fused-ring (bicyclic) bond motifs is 1. The van der Waals surface area contributed by atoms with Gasteiger partial charge in [0, 0.05) is 31.5 Å². The number of likely N-dealkylation sites (N-methyl/N-ethyl adjacent to an activating group) is 1. The van der Waals surface area contributed by atoms with Gasteiger partial charge < -0.3 is 24.4 Å². The first-order valence-corrected chi connectivity index (χ1v) is 13.0. The van der Waals surface area contributed by atoms with Gasteiger partial charge in [0.25, 0.3) is 5.91 Å². The van der Waals surface area contributed by atoms with Crippen LogP contribution in [0.15, 0.2) is 60.7 Å². The molecular formula is C30H32ClFN2O5. The van der Waals surface area contributed by atoms with E-state index in [0.29, 0.717) is 36.5 Å². The Kier molecular flexibility index (Phi) is 8.77. The van der Waals surface area contributed by atoms with Gasteiger partial charge in [0.2, 0.25) is 0 Å². The van der Waals surface area contributed by atoms with Gasteiger partial charge in [0.05, 0.1) is 5.02 Å². The summed E-state index contributed by atoms with van der Waals surface area (Å²) in [5, 5.41) is 9.54. The minimum atomic E-state index is -1.10. The Bertz CT molecular complexity index is 1350. The molecule has 0 aliphatic carbocycles. The lowest BCUT2D eigenvalue weighted by Crippen LogP contribution is -2.35. The average molecular weight is 555 g/mol. The van der Waals surface area contributed by atoms with Crippen molar-refractivity contribution in [2.24, 2.45) is 0 Å². The number of halogens is 2. The van der Waals surface area contributed by atoms with E-state index in [2.05, 4.69) is 0 Å². The molecule has 39 heavy (non-hydrogen) atoms. The van der Waals surface area contributed by atoms with E-state index in [0.717, 1.165) is 23.2 Å². The first-order chi connectivity index (χ1) is 18.5. The molecule has 1 aliphatic heterocycles. The molecule has 1 heterocycles. The van der Waals surface area contributed by atoms with Crippen LogP contribution in [0.3, 0.4) is 0 Å². The molecule has 0 spiro atoms. The van der Waals surface area contributed by atoms with Gasteiger partial charge in [0.1, 0.15) is 36.1 Å². The zero-order valence-electron chi connectivity index (χ0n) is 22.2. The van der Waals surface area contributed by atoms with Crippen LogP contribution in [0.2, 0.25) is 5.02 Å². The standard InChI is InChI=1S/C30H32ClFN2O5/c1-30(16-21-6-10-25(31)26(32)14-21)17-23-15-22(7-11-27(23)39-30)29(37)34(19-28(35)36)18-20-4-8-24(9-5-20)38-13-12-33(2)3/h4-11,14-15H,12-13,16-19H2,1-3H3,(H,35,36). The van der Waals surface area contributed by atoms with Gasteiger partial charge in [-0.1, -0.05) is 29.8 Å². The summed E-state index contributed by atoms with van der Waals surface area (Å²) >= 11 is 5.81. The third-order valence-corrected chi connectivity index (χ3v) is 6.81. The molecule has 9 heteroatoms. The maximum absolute atomic E-state index is 13.9. The Balaban J connectivity index is 1.45. The van der Waals surface area contributed by atoms with Crippen molar-refractivity contribution in [3.8, 4) is 11.5 Å². The molecular weight excluding hydrogens is 523 g/mol. The fourth-order valence-corrected chi connectivity index (χ4v) is 4.76. The zero-order valence-corrected chi connectivity index (χ0v) is 23.0. The molecule has 0 saturated heterocycles. The fourth-order valence-electron chi connectivity index (χ4n) is 4.64. The van der Waals surface area contributed by atoms with Gasteiger partial charge in [-0.2, -0.15) is 0 Å².